The first-order valence-corrected chi connectivity index (χ1v) is 16.9. The van der Waals surface area contributed by atoms with Crippen LogP contribution in [0.2, 0.25) is 0 Å². The van der Waals surface area contributed by atoms with Crippen molar-refractivity contribution in [1.82, 2.24) is 0 Å². The van der Waals surface area contributed by atoms with Gasteiger partial charge in [-0.05, 0) is 11.5 Å². The number of halogens is 21. The molecule has 1 heterocycles. The summed E-state index contributed by atoms with van der Waals surface area (Å²) in [5.41, 5.74) is -13.2. The van der Waals surface area contributed by atoms with E-state index in [0.717, 1.165) is 16.3 Å². The standard InChI is InChI=1S/C24BF20.C16H13FN/c26-5-1(6(27)14(35)21(42)13(5)34)25(2-7(28)15(36)22(43)16(37)8(2)29,3-9(30)17(38)23(44)18(39)10(3)31)4-11(32)19(40)24(45)20(41)12(4)33;17-16-10-14-8-4-5-9-15(14)12-18(16)11-13-6-2-1-3-7-13/h;1-10,12H,11H2/q-1;+1. The van der Waals surface area contributed by atoms with Crippen LogP contribution < -0.4 is 26.4 Å². The van der Waals surface area contributed by atoms with Crippen LogP contribution in [0.1, 0.15) is 5.56 Å². The number of nitrogens with zero attached hydrogens (tertiary/aromatic N) is 1. The van der Waals surface area contributed by atoms with E-state index in [1.807, 2.05) is 60.8 Å². The summed E-state index contributed by atoms with van der Waals surface area (Å²) < 4.78 is 310. The molecule has 1 aromatic heterocycles. The molecule has 23 heteroatoms. The lowest BCUT2D eigenvalue weighted by Gasteiger charge is -2.44. The third-order valence-electron chi connectivity index (χ3n) is 9.74. The zero-order valence-electron chi connectivity index (χ0n) is 30.0. The van der Waals surface area contributed by atoms with Crippen LogP contribution in [0.25, 0.3) is 10.8 Å². The molecular formula is C40H13BF21N. The molecule has 7 aromatic rings. The normalized spacial score (nSPS) is 11.6. The van der Waals surface area contributed by atoms with Gasteiger partial charge in [0.05, 0.1) is 0 Å². The Morgan fingerprint density at radius 2 is 0.556 bits per heavy atom. The Balaban J connectivity index is 0.000000302. The highest BCUT2D eigenvalue weighted by molar-refractivity contribution is 7.20. The molecule has 0 bridgehead atoms. The monoisotopic (exact) mass is 917 g/mol. The van der Waals surface area contributed by atoms with E-state index in [9.17, 15) is 57.1 Å². The number of hydrogen-bond acceptors (Lipinski definition) is 0. The minimum Gasteiger partial charge on any atom is -0.207 e. The molecule has 0 spiro atoms. The maximum Gasteiger partial charge on any atom is 0.360 e. The van der Waals surface area contributed by atoms with E-state index < -0.39 is 144 Å². The highest BCUT2D eigenvalue weighted by Gasteiger charge is 2.52. The van der Waals surface area contributed by atoms with Crippen molar-refractivity contribution in [2.24, 2.45) is 0 Å². The lowest BCUT2D eigenvalue weighted by molar-refractivity contribution is -0.714. The number of pyridine rings is 1. The number of hydrogen-bond donors (Lipinski definition) is 0. The molecule has 0 fully saturated rings. The maximum absolute atomic E-state index is 15.4. The van der Waals surface area contributed by atoms with Crippen LogP contribution in [0.5, 0.6) is 0 Å². The Bertz CT molecular complexity index is 2610. The molecule has 0 saturated carbocycles. The quantitative estimate of drug-likeness (QED) is 0.0392. The van der Waals surface area contributed by atoms with Gasteiger partial charge in [0.2, 0.25) is 0 Å². The fourth-order valence-electron chi connectivity index (χ4n) is 6.98. The second-order valence-corrected chi connectivity index (χ2v) is 13.1. The molecule has 63 heavy (non-hydrogen) atoms. The third kappa shape index (κ3) is 7.15. The Hall–Kier alpha value is -6.68. The molecule has 0 saturated heterocycles. The van der Waals surface area contributed by atoms with E-state index in [4.69, 9.17) is 0 Å². The van der Waals surface area contributed by atoms with Gasteiger partial charge in [-0.25, -0.2) is 87.8 Å². The van der Waals surface area contributed by atoms with Crippen LogP contribution in [0, 0.1) is 122 Å². The zero-order chi connectivity index (χ0) is 46.7. The molecule has 0 N–H and O–H groups in total. The van der Waals surface area contributed by atoms with Crippen LogP contribution >= 0.6 is 0 Å². The number of benzene rings is 6. The molecular weight excluding hydrogens is 904 g/mol. The first-order valence-electron chi connectivity index (χ1n) is 16.9. The lowest BCUT2D eigenvalue weighted by atomic mass is 9.12. The lowest BCUT2D eigenvalue weighted by Crippen LogP contribution is -2.81. The highest BCUT2D eigenvalue weighted by atomic mass is 19.2. The molecule has 0 aliphatic rings. The van der Waals surface area contributed by atoms with Gasteiger partial charge in [0.25, 0.3) is 0 Å². The molecule has 7 rings (SSSR count). The SMILES string of the molecule is Fc1c(F)c(F)c([B-](c2c(F)c(F)c(F)c(F)c2F)(c2c(F)c(F)c(F)c(F)c2F)c2c(F)c(F)c(F)c(F)c2F)c(F)c1F.Fc1cc2ccccc2c[n+]1Cc1ccccc1. The van der Waals surface area contributed by atoms with E-state index in [0.29, 0.717) is 6.54 Å². The van der Waals surface area contributed by atoms with Crippen molar-refractivity contribution in [1.29, 1.82) is 0 Å². The Morgan fingerprint density at radius 3 is 0.857 bits per heavy atom. The van der Waals surface area contributed by atoms with Gasteiger partial charge in [0.15, 0.2) is 82.5 Å². The minimum atomic E-state index is -7.22. The minimum absolute atomic E-state index is 0.211. The maximum atomic E-state index is 15.4. The average Bonchev–Trinajstić information content (AvgIpc) is 3.27. The van der Waals surface area contributed by atoms with Gasteiger partial charge >= 0.3 is 5.95 Å². The Labute approximate surface area is 336 Å². The van der Waals surface area contributed by atoms with Crippen molar-refractivity contribution < 1.29 is 96.8 Å². The highest BCUT2D eigenvalue weighted by Crippen LogP contribution is 2.31. The van der Waals surface area contributed by atoms with Crippen molar-refractivity contribution in [3.8, 4) is 0 Å². The van der Waals surface area contributed by atoms with Crippen molar-refractivity contribution in [2.45, 2.75) is 6.54 Å². The molecule has 6 aromatic carbocycles. The second-order valence-electron chi connectivity index (χ2n) is 13.1. The summed E-state index contributed by atoms with van der Waals surface area (Å²) >= 11 is 0. The fraction of sp³-hybridized carbons (Fsp3) is 0.0250. The smallest absolute Gasteiger partial charge is 0.207 e. The summed E-state index contributed by atoms with van der Waals surface area (Å²) in [4.78, 5) is 0. The van der Waals surface area contributed by atoms with Gasteiger partial charge in [-0.1, -0.05) is 48.5 Å². The molecule has 328 valence electrons. The van der Waals surface area contributed by atoms with Crippen molar-refractivity contribution in [3.63, 3.8) is 0 Å². The number of aromatic nitrogens is 1. The van der Waals surface area contributed by atoms with Gasteiger partial charge in [0.1, 0.15) is 52.7 Å². The number of rotatable bonds is 6. The van der Waals surface area contributed by atoms with Gasteiger partial charge in [-0.2, -0.15) is 4.57 Å². The van der Waals surface area contributed by atoms with Crippen LogP contribution in [0.3, 0.4) is 0 Å². The van der Waals surface area contributed by atoms with Gasteiger partial charge < -0.3 is 0 Å². The largest absolute Gasteiger partial charge is 0.360 e. The predicted molar refractivity (Wildman–Crippen MR) is 179 cm³/mol. The van der Waals surface area contributed by atoms with E-state index in [1.54, 1.807) is 10.6 Å². The molecule has 0 unspecified atom stereocenters. The topological polar surface area (TPSA) is 3.88 Å². The Kier molecular flexibility index (Phi) is 12.3. The third-order valence-corrected chi connectivity index (χ3v) is 9.74. The van der Waals surface area contributed by atoms with E-state index >= 15 is 35.1 Å². The molecule has 0 atom stereocenters. The summed E-state index contributed by atoms with van der Waals surface area (Å²) in [6, 6.07) is 19.3. The first kappa shape index (κ1) is 45.8. The van der Waals surface area contributed by atoms with Gasteiger partial charge in [-0.3, -0.25) is 0 Å². The summed E-state index contributed by atoms with van der Waals surface area (Å²) in [5.74, 6) is -71.6. The zero-order valence-corrected chi connectivity index (χ0v) is 30.0. The molecule has 1 nitrogen and oxygen atoms in total. The van der Waals surface area contributed by atoms with E-state index in [2.05, 4.69) is 0 Å². The molecule has 0 amide bonds. The summed E-state index contributed by atoms with van der Waals surface area (Å²) in [5, 5.41) is 1.98. The van der Waals surface area contributed by atoms with Crippen molar-refractivity contribution in [2.75, 3.05) is 0 Å². The van der Waals surface area contributed by atoms with Crippen LogP contribution in [-0.4, -0.2) is 6.15 Å². The molecule has 0 radical (unpaired) electrons. The van der Waals surface area contributed by atoms with Crippen LogP contribution in [0.15, 0.2) is 66.9 Å². The van der Waals surface area contributed by atoms with E-state index in [-0.39, 0.29) is 5.95 Å². The van der Waals surface area contributed by atoms with Crippen molar-refractivity contribution in [3.05, 3.63) is 195 Å². The van der Waals surface area contributed by atoms with Crippen LogP contribution in [0.4, 0.5) is 92.2 Å². The summed E-state index contributed by atoms with van der Waals surface area (Å²) in [6.07, 6.45) is -5.36. The van der Waals surface area contributed by atoms with Crippen molar-refractivity contribution >= 4 is 38.8 Å². The molecule has 0 aliphatic heterocycles. The van der Waals surface area contributed by atoms with Gasteiger partial charge in [0, 0.05) is 17.0 Å². The first-order chi connectivity index (χ1) is 29.5. The predicted octanol–water partition coefficient (Wildman–Crippen LogP) is 9.16. The number of fused-ring (bicyclic) bond motifs is 1. The molecule has 0 aliphatic carbocycles. The Morgan fingerprint density at radius 1 is 0.302 bits per heavy atom. The van der Waals surface area contributed by atoms with Crippen LogP contribution in [-0.2, 0) is 6.54 Å². The summed E-state index contributed by atoms with van der Waals surface area (Å²) in [7, 11) is 0. The summed E-state index contributed by atoms with van der Waals surface area (Å²) in [6.45, 7) is 0.553. The fourth-order valence-corrected chi connectivity index (χ4v) is 6.98. The average molecular weight is 917 g/mol. The van der Waals surface area contributed by atoms with Gasteiger partial charge in [-0.15, -0.1) is 26.2 Å². The van der Waals surface area contributed by atoms with E-state index in [1.165, 1.54) is 0 Å². The second kappa shape index (κ2) is 16.9.